The van der Waals surface area contributed by atoms with Gasteiger partial charge in [-0.1, -0.05) is 35.9 Å². The quantitative estimate of drug-likeness (QED) is 0.666. The molecule has 1 amide bonds. The Balaban J connectivity index is 1.56. The fraction of sp³-hybridized carbons (Fsp3) is 0.435. The number of hydrogen-bond donors (Lipinski definition) is 2. The SMILES string of the molecule is CCOc1c(Cl)cc(C(=O)NCc2ccc(CN3CCC(O)CC3)cc2)cc1OC. The summed E-state index contributed by atoms with van der Waals surface area (Å²) < 4.78 is 10.8. The summed E-state index contributed by atoms with van der Waals surface area (Å²) in [5, 5.41) is 12.9. The van der Waals surface area contributed by atoms with Crippen LogP contribution in [0, 0.1) is 0 Å². The van der Waals surface area contributed by atoms with Crippen molar-refractivity contribution in [3.05, 3.63) is 58.1 Å². The van der Waals surface area contributed by atoms with Crippen LogP contribution in [-0.4, -0.2) is 48.8 Å². The highest BCUT2D eigenvalue weighted by Gasteiger charge is 2.17. The van der Waals surface area contributed by atoms with Crippen molar-refractivity contribution in [3.63, 3.8) is 0 Å². The summed E-state index contributed by atoms with van der Waals surface area (Å²) in [5.74, 6) is 0.648. The monoisotopic (exact) mass is 432 g/mol. The number of piperidine rings is 1. The van der Waals surface area contributed by atoms with E-state index in [-0.39, 0.29) is 12.0 Å². The smallest absolute Gasteiger partial charge is 0.251 e. The van der Waals surface area contributed by atoms with Crippen molar-refractivity contribution in [1.29, 1.82) is 0 Å². The second kappa shape index (κ2) is 10.7. The van der Waals surface area contributed by atoms with E-state index in [1.54, 1.807) is 12.1 Å². The van der Waals surface area contributed by atoms with E-state index in [1.165, 1.54) is 12.7 Å². The van der Waals surface area contributed by atoms with Gasteiger partial charge in [-0.2, -0.15) is 0 Å². The van der Waals surface area contributed by atoms with Crippen LogP contribution in [0.3, 0.4) is 0 Å². The maximum atomic E-state index is 12.6. The Morgan fingerprint density at radius 1 is 1.20 bits per heavy atom. The van der Waals surface area contributed by atoms with Crippen LogP contribution in [0.1, 0.15) is 41.3 Å². The molecule has 0 radical (unpaired) electrons. The summed E-state index contributed by atoms with van der Waals surface area (Å²) in [6, 6.07) is 11.4. The topological polar surface area (TPSA) is 71.0 Å². The van der Waals surface area contributed by atoms with Crippen LogP contribution in [0.5, 0.6) is 11.5 Å². The number of methoxy groups -OCH3 is 1. The van der Waals surface area contributed by atoms with Crippen LogP contribution in [-0.2, 0) is 13.1 Å². The molecule has 30 heavy (non-hydrogen) atoms. The number of nitrogens with zero attached hydrogens (tertiary/aromatic N) is 1. The summed E-state index contributed by atoms with van der Waals surface area (Å²) in [5.41, 5.74) is 2.67. The number of carbonyl (C=O) groups is 1. The molecule has 2 aromatic rings. The second-order valence-electron chi connectivity index (χ2n) is 7.43. The molecule has 1 aliphatic heterocycles. The molecule has 0 aromatic heterocycles. The van der Waals surface area contributed by atoms with Gasteiger partial charge >= 0.3 is 0 Å². The van der Waals surface area contributed by atoms with Gasteiger partial charge in [-0.15, -0.1) is 0 Å². The molecular weight excluding hydrogens is 404 g/mol. The maximum Gasteiger partial charge on any atom is 0.251 e. The zero-order valence-corrected chi connectivity index (χ0v) is 18.2. The number of halogens is 1. The summed E-state index contributed by atoms with van der Waals surface area (Å²) in [6.45, 7) is 5.46. The van der Waals surface area contributed by atoms with E-state index in [0.29, 0.717) is 35.2 Å². The largest absolute Gasteiger partial charge is 0.493 e. The fourth-order valence-electron chi connectivity index (χ4n) is 3.52. The third kappa shape index (κ3) is 5.88. The number of carbonyl (C=O) groups excluding carboxylic acids is 1. The van der Waals surface area contributed by atoms with Gasteiger partial charge in [0.1, 0.15) is 0 Å². The molecule has 6 nitrogen and oxygen atoms in total. The van der Waals surface area contributed by atoms with E-state index in [9.17, 15) is 9.90 Å². The zero-order chi connectivity index (χ0) is 21.5. The normalized spacial score (nSPS) is 15.1. The Morgan fingerprint density at radius 2 is 1.87 bits per heavy atom. The number of rotatable bonds is 8. The highest BCUT2D eigenvalue weighted by Crippen LogP contribution is 2.36. The predicted molar refractivity (Wildman–Crippen MR) is 117 cm³/mol. The Morgan fingerprint density at radius 3 is 2.50 bits per heavy atom. The van der Waals surface area contributed by atoms with Crippen molar-refractivity contribution in [2.75, 3.05) is 26.8 Å². The first-order valence-corrected chi connectivity index (χ1v) is 10.6. The van der Waals surface area contributed by atoms with E-state index >= 15 is 0 Å². The Bertz CT molecular complexity index is 849. The summed E-state index contributed by atoms with van der Waals surface area (Å²) in [4.78, 5) is 14.9. The lowest BCUT2D eigenvalue weighted by Gasteiger charge is -2.29. The number of amides is 1. The van der Waals surface area contributed by atoms with Crippen LogP contribution in [0.2, 0.25) is 5.02 Å². The third-order valence-electron chi connectivity index (χ3n) is 5.22. The third-order valence-corrected chi connectivity index (χ3v) is 5.50. The molecule has 7 heteroatoms. The van der Waals surface area contributed by atoms with Gasteiger partial charge in [-0.05, 0) is 43.0 Å². The van der Waals surface area contributed by atoms with Gasteiger partial charge in [0.2, 0.25) is 0 Å². The van der Waals surface area contributed by atoms with Gasteiger partial charge in [-0.25, -0.2) is 0 Å². The molecule has 0 aliphatic carbocycles. The first-order valence-electron chi connectivity index (χ1n) is 10.3. The molecule has 1 aliphatic rings. The van der Waals surface area contributed by atoms with Gasteiger partial charge in [-0.3, -0.25) is 9.69 Å². The number of aliphatic hydroxyl groups is 1. The lowest BCUT2D eigenvalue weighted by Crippen LogP contribution is -2.35. The average Bonchev–Trinajstić information content (AvgIpc) is 2.76. The van der Waals surface area contributed by atoms with Crippen molar-refractivity contribution >= 4 is 17.5 Å². The van der Waals surface area contributed by atoms with E-state index in [4.69, 9.17) is 21.1 Å². The number of hydrogen-bond acceptors (Lipinski definition) is 5. The van der Waals surface area contributed by atoms with Crippen LogP contribution in [0.25, 0.3) is 0 Å². The summed E-state index contributed by atoms with van der Waals surface area (Å²) in [6.07, 6.45) is 1.52. The van der Waals surface area contributed by atoms with E-state index < -0.39 is 0 Å². The Labute approximate surface area is 182 Å². The summed E-state index contributed by atoms with van der Waals surface area (Å²) >= 11 is 6.26. The molecule has 2 N–H and O–H groups in total. The molecule has 0 bridgehead atoms. The first-order chi connectivity index (χ1) is 14.5. The minimum absolute atomic E-state index is 0.155. The second-order valence-corrected chi connectivity index (χ2v) is 7.84. The van der Waals surface area contributed by atoms with Gasteiger partial charge in [0.25, 0.3) is 5.91 Å². The van der Waals surface area contributed by atoms with Gasteiger partial charge in [0.05, 0.1) is 24.8 Å². The molecule has 0 atom stereocenters. The first kappa shape index (κ1) is 22.4. The van der Waals surface area contributed by atoms with Crippen LogP contribution in [0.15, 0.2) is 36.4 Å². The number of ether oxygens (including phenoxy) is 2. The zero-order valence-electron chi connectivity index (χ0n) is 17.5. The molecule has 1 fully saturated rings. The lowest BCUT2D eigenvalue weighted by atomic mass is 10.1. The van der Waals surface area contributed by atoms with E-state index in [1.807, 2.05) is 19.1 Å². The molecule has 0 spiro atoms. The highest BCUT2D eigenvalue weighted by molar-refractivity contribution is 6.32. The van der Waals surface area contributed by atoms with E-state index in [0.717, 1.165) is 38.0 Å². The van der Waals surface area contributed by atoms with Crippen molar-refractivity contribution in [2.45, 2.75) is 39.0 Å². The average molecular weight is 433 g/mol. The van der Waals surface area contributed by atoms with Gasteiger partial charge in [0, 0.05) is 31.7 Å². The van der Waals surface area contributed by atoms with E-state index in [2.05, 4.69) is 22.3 Å². The van der Waals surface area contributed by atoms with Crippen LogP contribution < -0.4 is 14.8 Å². The minimum Gasteiger partial charge on any atom is -0.493 e. The van der Waals surface area contributed by atoms with Crippen LogP contribution in [0.4, 0.5) is 0 Å². The van der Waals surface area contributed by atoms with Crippen molar-refractivity contribution in [3.8, 4) is 11.5 Å². The Kier molecular flexibility index (Phi) is 7.96. The number of nitrogens with one attached hydrogen (secondary N) is 1. The minimum atomic E-state index is -0.228. The standard InChI is InChI=1S/C23H29ClN2O4/c1-3-30-22-20(24)12-18(13-21(22)29-2)23(28)25-14-16-4-6-17(7-5-16)15-26-10-8-19(27)9-11-26/h4-7,12-13,19,27H,3,8-11,14-15H2,1-2H3,(H,25,28). The molecule has 1 heterocycles. The number of likely N-dealkylation sites (tertiary alicyclic amines) is 1. The Hall–Kier alpha value is -2.28. The molecule has 1 saturated heterocycles. The number of benzene rings is 2. The van der Waals surface area contributed by atoms with Gasteiger partial charge < -0.3 is 19.9 Å². The molecule has 162 valence electrons. The highest BCUT2D eigenvalue weighted by atomic mass is 35.5. The van der Waals surface area contributed by atoms with Gasteiger partial charge in [0.15, 0.2) is 11.5 Å². The molecule has 3 rings (SSSR count). The molecule has 0 unspecified atom stereocenters. The van der Waals surface area contributed by atoms with Crippen LogP contribution >= 0.6 is 11.6 Å². The predicted octanol–water partition coefficient (Wildman–Crippen LogP) is 3.63. The van der Waals surface area contributed by atoms with Crippen molar-refractivity contribution < 1.29 is 19.4 Å². The van der Waals surface area contributed by atoms with Crippen molar-refractivity contribution in [1.82, 2.24) is 10.2 Å². The molecule has 2 aromatic carbocycles. The van der Waals surface area contributed by atoms with Crippen molar-refractivity contribution in [2.24, 2.45) is 0 Å². The fourth-order valence-corrected chi connectivity index (χ4v) is 3.78. The number of aliphatic hydroxyl groups excluding tert-OH is 1. The maximum absolute atomic E-state index is 12.6. The lowest BCUT2D eigenvalue weighted by molar-refractivity contribution is 0.0792. The molecular formula is C23H29ClN2O4. The molecule has 0 saturated carbocycles. The summed E-state index contributed by atoms with van der Waals surface area (Å²) in [7, 11) is 1.52.